The lowest BCUT2D eigenvalue weighted by Crippen LogP contribution is -2.36. The van der Waals surface area contributed by atoms with Crippen LogP contribution in [0.3, 0.4) is 0 Å². The molecule has 2 heterocycles. The van der Waals surface area contributed by atoms with Crippen LogP contribution in [-0.4, -0.2) is 29.6 Å². The molecule has 21 heavy (non-hydrogen) atoms. The smallest absolute Gasteiger partial charge is 0.187 e. The summed E-state index contributed by atoms with van der Waals surface area (Å²) in [5.74, 6) is 11.5. The van der Waals surface area contributed by atoms with Gasteiger partial charge in [0.25, 0.3) is 0 Å². The van der Waals surface area contributed by atoms with E-state index >= 15 is 0 Å². The molecular weight excluding hydrogens is 261 g/mol. The largest absolute Gasteiger partial charge is 0.321 e. The molecule has 0 saturated carbocycles. The summed E-state index contributed by atoms with van der Waals surface area (Å²) in [6, 6.07) is 4.07. The molecule has 0 amide bonds. The first-order valence-corrected chi connectivity index (χ1v) is 7.40. The Balaban J connectivity index is 2.22. The lowest BCUT2D eigenvalue weighted by molar-refractivity contribution is 0.177. The lowest BCUT2D eigenvalue weighted by atomic mass is 9.42. The molecule has 1 saturated heterocycles. The second kappa shape index (κ2) is 5.33. The Bertz CT molecular complexity index is 517. The number of hydrazine groups is 1. The van der Waals surface area contributed by atoms with Gasteiger partial charge in [-0.25, -0.2) is 5.84 Å². The van der Waals surface area contributed by atoms with Crippen molar-refractivity contribution in [2.45, 2.75) is 40.3 Å². The summed E-state index contributed by atoms with van der Waals surface area (Å²) in [7, 11) is 1.70. The molecule has 1 aromatic heterocycles. The molecule has 2 rings (SSSR count). The fourth-order valence-corrected chi connectivity index (χ4v) is 3.21. The number of rotatable bonds is 2. The Morgan fingerprint density at radius 3 is 2.19 bits per heavy atom. The maximum atomic E-state index is 5.69. The van der Waals surface area contributed by atoms with Gasteiger partial charge in [0.15, 0.2) is 12.5 Å². The first kappa shape index (κ1) is 15.8. The van der Waals surface area contributed by atoms with Gasteiger partial charge in [-0.05, 0) is 16.9 Å². The molecule has 0 aromatic carbocycles. The number of pyridine rings is 1. The zero-order valence-electron chi connectivity index (χ0n) is 13.7. The van der Waals surface area contributed by atoms with Crippen molar-refractivity contribution in [3.63, 3.8) is 0 Å². The fourth-order valence-electron chi connectivity index (χ4n) is 3.21. The number of nitrogens with zero attached hydrogens (tertiary/aromatic N) is 3. The van der Waals surface area contributed by atoms with Crippen LogP contribution in [0.25, 0.3) is 0 Å². The van der Waals surface area contributed by atoms with Crippen LogP contribution in [0, 0.1) is 10.8 Å². The number of amidine groups is 1. The van der Waals surface area contributed by atoms with E-state index in [1.54, 1.807) is 7.05 Å². The average Bonchev–Trinajstić information content (AvgIpc) is 2.59. The van der Waals surface area contributed by atoms with Gasteiger partial charge in [0.05, 0.1) is 0 Å². The van der Waals surface area contributed by atoms with Crippen LogP contribution in [0.2, 0.25) is 12.6 Å². The van der Waals surface area contributed by atoms with E-state index in [0.29, 0.717) is 29.1 Å². The van der Waals surface area contributed by atoms with Gasteiger partial charge in [0, 0.05) is 13.2 Å². The molecule has 1 aromatic rings. The van der Waals surface area contributed by atoms with E-state index in [-0.39, 0.29) is 0 Å². The van der Waals surface area contributed by atoms with Gasteiger partial charge < -0.3 is 5.84 Å². The van der Waals surface area contributed by atoms with Gasteiger partial charge >= 0.3 is 0 Å². The van der Waals surface area contributed by atoms with E-state index < -0.39 is 0 Å². The van der Waals surface area contributed by atoms with Crippen LogP contribution in [0.15, 0.2) is 23.4 Å². The average molecular weight is 287 g/mol. The van der Waals surface area contributed by atoms with Gasteiger partial charge in [-0.2, -0.15) is 5.10 Å². The van der Waals surface area contributed by atoms with E-state index in [0.717, 1.165) is 0 Å². The lowest BCUT2D eigenvalue weighted by Gasteiger charge is -2.35. The highest BCUT2D eigenvalue weighted by atomic mass is 15.4. The Hall–Kier alpha value is -1.56. The first-order valence-electron chi connectivity index (χ1n) is 7.40. The highest BCUT2D eigenvalue weighted by molar-refractivity contribution is 6.74. The standard InChI is InChI=1S/C15H26BN5/c1-14(2)9-16(10-15(14,3)4)11-6-7-12(19-8-11)13(20-17)21(5)18/h6-8H,9-10,17-18H2,1-5H3/b20-13-. The van der Waals surface area contributed by atoms with Gasteiger partial charge in [-0.15, -0.1) is 0 Å². The van der Waals surface area contributed by atoms with E-state index in [1.807, 2.05) is 12.3 Å². The third-order valence-corrected chi connectivity index (χ3v) is 5.29. The maximum absolute atomic E-state index is 5.69. The topological polar surface area (TPSA) is 80.5 Å². The molecule has 114 valence electrons. The van der Waals surface area contributed by atoms with Gasteiger partial charge in [-0.3, -0.25) is 9.99 Å². The molecule has 0 radical (unpaired) electrons. The summed E-state index contributed by atoms with van der Waals surface area (Å²) in [6.07, 6.45) is 4.32. The normalized spacial score (nSPS) is 20.7. The Morgan fingerprint density at radius 1 is 1.24 bits per heavy atom. The van der Waals surface area contributed by atoms with Crippen molar-refractivity contribution in [2.24, 2.45) is 27.6 Å². The number of nitrogens with two attached hydrogens (primary N) is 2. The maximum Gasteiger partial charge on any atom is 0.187 e. The van der Waals surface area contributed by atoms with Crippen molar-refractivity contribution < 1.29 is 0 Å². The monoisotopic (exact) mass is 287 g/mol. The quantitative estimate of drug-likeness (QED) is 0.282. The molecule has 6 heteroatoms. The van der Waals surface area contributed by atoms with Crippen LogP contribution >= 0.6 is 0 Å². The summed E-state index contributed by atoms with van der Waals surface area (Å²) in [5.41, 5.74) is 2.67. The predicted octanol–water partition coefficient (Wildman–Crippen LogP) is 1.28. The second-order valence-electron chi connectivity index (χ2n) is 7.41. The van der Waals surface area contributed by atoms with E-state index in [1.165, 1.54) is 23.1 Å². The van der Waals surface area contributed by atoms with Gasteiger partial charge in [0.1, 0.15) is 5.69 Å². The molecule has 0 spiro atoms. The van der Waals surface area contributed by atoms with E-state index in [2.05, 4.69) is 43.8 Å². The highest BCUT2D eigenvalue weighted by Crippen LogP contribution is 2.52. The molecule has 0 atom stereocenters. The van der Waals surface area contributed by atoms with Crippen LogP contribution in [-0.2, 0) is 0 Å². The zero-order valence-corrected chi connectivity index (χ0v) is 13.7. The summed E-state index contributed by atoms with van der Waals surface area (Å²) in [4.78, 5) is 4.48. The number of hydrazone groups is 1. The number of hydrogen-bond donors (Lipinski definition) is 2. The predicted molar refractivity (Wildman–Crippen MR) is 89.5 cm³/mol. The molecule has 5 nitrogen and oxygen atoms in total. The highest BCUT2D eigenvalue weighted by Gasteiger charge is 2.48. The minimum atomic E-state index is 0.345. The zero-order chi connectivity index (χ0) is 15.8. The Morgan fingerprint density at radius 2 is 1.81 bits per heavy atom. The third-order valence-electron chi connectivity index (χ3n) is 5.29. The summed E-state index contributed by atoms with van der Waals surface area (Å²) in [6.45, 7) is 9.99. The van der Waals surface area contributed by atoms with Crippen molar-refractivity contribution in [1.82, 2.24) is 9.99 Å². The Kier molecular flexibility index (Phi) is 4.02. The van der Waals surface area contributed by atoms with Crippen molar-refractivity contribution in [1.29, 1.82) is 0 Å². The number of hydrogen-bond acceptors (Lipinski definition) is 4. The van der Waals surface area contributed by atoms with Crippen molar-refractivity contribution >= 4 is 18.0 Å². The molecule has 0 aliphatic carbocycles. The van der Waals surface area contributed by atoms with Crippen LogP contribution in [0.5, 0.6) is 0 Å². The van der Waals surface area contributed by atoms with Crippen molar-refractivity contribution in [3.8, 4) is 0 Å². The first-order chi connectivity index (χ1) is 9.68. The summed E-state index contributed by atoms with van der Waals surface area (Å²) < 4.78 is 0. The molecule has 0 unspecified atom stereocenters. The van der Waals surface area contributed by atoms with Crippen LogP contribution < -0.4 is 17.1 Å². The molecule has 4 N–H and O–H groups in total. The molecular formula is C15H26BN5. The fraction of sp³-hybridized carbons (Fsp3) is 0.600. The van der Waals surface area contributed by atoms with Crippen molar-refractivity contribution in [3.05, 3.63) is 24.0 Å². The van der Waals surface area contributed by atoms with E-state index in [9.17, 15) is 0 Å². The summed E-state index contributed by atoms with van der Waals surface area (Å²) >= 11 is 0. The van der Waals surface area contributed by atoms with Crippen molar-refractivity contribution in [2.75, 3.05) is 7.05 Å². The summed E-state index contributed by atoms with van der Waals surface area (Å²) in [5, 5.41) is 5.06. The molecule has 1 fully saturated rings. The minimum Gasteiger partial charge on any atom is -0.321 e. The minimum absolute atomic E-state index is 0.345. The molecule has 1 aliphatic rings. The second-order valence-corrected chi connectivity index (χ2v) is 7.41. The van der Waals surface area contributed by atoms with Crippen LogP contribution in [0.1, 0.15) is 33.4 Å². The SMILES string of the molecule is CN(N)/C(=N\N)c1ccc(B2CC(C)(C)C(C)(C)C2)cn1. The molecule has 1 aliphatic heterocycles. The van der Waals surface area contributed by atoms with E-state index in [4.69, 9.17) is 11.7 Å². The van der Waals surface area contributed by atoms with Gasteiger partial charge in [-0.1, -0.05) is 51.9 Å². The van der Waals surface area contributed by atoms with Gasteiger partial charge in [0.2, 0.25) is 0 Å². The number of aromatic nitrogens is 1. The third kappa shape index (κ3) is 2.90. The van der Waals surface area contributed by atoms with Crippen LogP contribution in [0.4, 0.5) is 0 Å². The molecule has 0 bridgehead atoms. The Labute approximate surface area is 127 Å².